The normalized spacial score (nSPS) is 16.0. The maximum Gasteiger partial charge on any atom is 0.137 e. The lowest BCUT2D eigenvalue weighted by Crippen LogP contribution is -2.27. The van der Waals surface area contributed by atoms with Gasteiger partial charge < -0.3 is 8.98 Å². The number of furan rings is 1. The Morgan fingerprint density at radius 1 is 0.590 bits per heavy atom. The smallest absolute Gasteiger partial charge is 0.137 e. The van der Waals surface area contributed by atoms with Crippen LogP contribution in [0.5, 0.6) is 0 Å². The molecule has 2 aliphatic carbocycles. The average Bonchev–Trinajstić information content (AvgIpc) is 3.58. The third-order valence-electron chi connectivity index (χ3n) is 9.44. The molecule has 0 amide bonds. The highest BCUT2D eigenvalue weighted by Gasteiger charge is 2.44. The van der Waals surface area contributed by atoms with Gasteiger partial charge in [0.2, 0.25) is 0 Å². The SMILES string of the molecule is Clc1ccc2c3cc4c(cc3n(-c3ccc5c(c3)oc3ccccc35)c2c1)-c1ccccc1C41CCCCC1. The summed E-state index contributed by atoms with van der Waals surface area (Å²) in [4.78, 5) is 0. The van der Waals surface area contributed by atoms with Crippen molar-refractivity contribution in [2.24, 2.45) is 0 Å². The van der Waals surface area contributed by atoms with E-state index >= 15 is 0 Å². The molecular weight excluding hydrogens is 498 g/mol. The molecule has 0 N–H and O–H groups in total. The molecule has 0 saturated heterocycles. The second-order valence-electron chi connectivity index (χ2n) is 11.4. The molecule has 0 unspecified atom stereocenters. The van der Waals surface area contributed by atoms with Crippen molar-refractivity contribution in [3.8, 4) is 16.8 Å². The molecule has 2 nitrogen and oxygen atoms in total. The van der Waals surface area contributed by atoms with Crippen LogP contribution in [0.3, 0.4) is 0 Å². The molecule has 2 aliphatic rings. The lowest BCUT2D eigenvalue weighted by molar-refractivity contribution is 0.353. The lowest BCUT2D eigenvalue weighted by atomic mass is 9.68. The maximum atomic E-state index is 6.61. The van der Waals surface area contributed by atoms with Gasteiger partial charge in [-0.25, -0.2) is 0 Å². The van der Waals surface area contributed by atoms with Crippen molar-refractivity contribution in [2.75, 3.05) is 0 Å². The van der Waals surface area contributed by atoms with Gasteiger partial charge in [-0.1, -0.05) is 79.4 Å². The van der Waals surface area contributed by atoms with E-state index in [1.54, 1.807) is 0 Å². The maximum absolute atomic E-state index is 6.61. The van der Waals surface area contributed by atoms with Crippen LogP contribution in [-0.2, 0) is 5.41 Å². The first-order valence-corrected chi connectivity index (χ1v) is 14.4. The van der Waals surface area contributed by atoms with Crippen molar-refractivity contribution < 1.29 is 4.42 Å². The monoisotopic (exact) mass is 523 g/mol. The number of hydrogen-bond acceptors (Lipinski definition) is 1. The summed E-state index contributed by atoms with van der Waals surface area (Å²) in [6, 6.07) is 35.3. The Morgan fingerprint density at radius 3 is 2.28 bits per heavy atom. The molecule has 39 heavy (non-hydrogen) atoms. The number of nitrogens with zero attached hydrogens (tertiary/aromatic N) is 1. The minimum Gasteiger partial charge on any atom is -0.456 e. The topological polar surface area (TPSA) is 18.1 Å². The van der Waals surface area contributed by atoms with Crippen LogP contribution in [0, 0.1) is 0 Å². The molecule has 1 saturated carbocycles. The molecule has 0 radical (unpaired) electrons. The summed E-state index contributed by atoms with van der Waals surface area (Å²) >= 11 is 6.61. The number of aromatic nitrogens is 1. The van der Waals surface area contributed by atoms with E-state index in [0.717, 1.165) is 38.2 Å². The van der Waals surface area contributed by atoms with Crippen molar-refractivity contribution >= 4 is 55.3 Å². The van der Waals surface area contributed by atoms with Gasteiger partial charge >= 0.3 is 0 Å². The van der Waals surface area contributed by atoms with Gasteiger partial charge in [0.1, 0.15) is 11.2 Å². The fraction of sp³-hybridized carbons (Fsp3) is 0.167. The molecule has 0 bridgehead atoms. The third kappa shape index (κ3) is 2.88. The third-order valence-corrected chi connectivity index (χ3v) is 9.68. The van der Waals surface area contributed by atoms with Crippen LogP contribution >= 0.6 is 11.6 Å². The fourth-order valence-corrected chi connectivity index (χ4v) is 7.93. The molecule has 1 spiro atoms. The summed E-state index contributed by atoms with van der Waals surface area (Å²) in [6.07, 6.45) is 6.39. The first kappa shape index (κ1) is 21.9. The predicted molar refractivity (Wildman–Crippen MR) is 162 cm³/mol. The van der Waals surface area contributed by atoms with Crippen molar-refractivity contribution in [3.63, 3.8) is 0 Å². The largest absolute Gasteiger partial charge is 0.456 e. The zero-order valence-electron chi connectivity index (χ0n) is 21.5. The second-order valence-corrected chi connectivity index (χ2v) is 11.8. The number of fused-ring (bicyclic) bond motifs is 11. The van der Waals surface area contributed by atoms with Gasteiger partial charge in [0.05, 0.1) is 11.0 Å². The van der Waals surface area contributed by atoms with Crippen LogP contribution in [0.25, 0.3) is 60.6 Å². The Balaban J connectivity index is 1.38. The zero-order valence-corrected chi connectivity index (χ0v) is 22.3. The highest BCUT2D eigenvalue weighted by Crippen LogP contribution is 2.57. The van der Waals surface area contributed by atoms with Gasteiger partial charge in [-0.05, 0) is 77.6 Å². The van der Waals surface area contributed by atoms with E-state index < -0.39 is 0 Å². The van der Waals surface area contributed by atoms with Crippen molar-refractivity contribution in [1.29, 1.82) is 0 Å². The van der Waals surface area contributed by atoms with Crippen molar-refractivity contribution in [2.45, 2.75) is 37.5 Å². The molecular formula is C36H26ClNO. The number of rotatable bonds is 1. The van der Waals surface area contributed by atoms with Crippen LogP contribution in [0.4, 0.5) is 0 Å². The van der Waals surface area contributed by atoms with Gasteiger partial charge in [0.15, 0.2) is 0 Å². The second kappa shape index (κ2) is 7.77. The number of hydrogen-bond donors (Lipinski definition) is 0. The number of halogens is 1. The van der Waals surface area contributed by atoms with Gasteiger partial charge in [0, 0.05) is 43.7 Å². The molecule has 2 aromatic heterocycles. The average molecular weight is 524 g/mol. The van der Waals surface area contributed by atoms with E-state index in [1.165, 1.54) is 70.6 Å². The van der Waals surface area contributed by atoms with Gasteiger partial charge in [-0.2, -0.15) is 0 Å². The Morgan fingerprint density at radius 2 is 1.36 bits per heavy atom. The molecule has 0 aliphatic heterocycles. The molecule has 7 aromatic rings. The standard InChI is InChI=1S/C36H26ClNO/c37-22-12-14-25-29-20-31-28(24-8-2-4-10-30(24)36(31)16-6-1-7-17-36)21-33(29)38(32(25)18-22)23-13-15-27-26-9-3-5-11-34(26)39-35(27)19-23/h2-5,8-15,18-21H,1,6-7,16-17H2. The fourth-order valence-electron chi connectivity index (χ4n) is 7.76. The summed E-state index contributed by atoms with van der Waals surface area (Å²) in [5.74, 6) is 0. The van der Waals surface area contributed by atoms with Crippen LogP contribution < -0.4 is 0 Å². The Kier molecular flexibility index (Phi) is 4.36. The van der Waals surface area contributed by atoms with Crippen molar-refractivity contribution in [1.82, 2.24) is 4.57 Å². The quantitative estimate of drug-likeness (QED) is 0.209. The molecule has 0 atom stereocenters. The Labute approximate surface area is 231 Å². The Hall–Kier alpha value is -4.01. The molecule has 5 aromatic carbocycles. The lowest BCUT2D eigenvalue weighted by Gasteiger charge is -2.36. The van der Waals surface area contributed by atoms with Gasteiger partial charge in [-0.3, -0.25) is 0 Å². The summed E-state index contributed by atoms with van der Waals surface area (Å²) in [6.45, 7) is 0. The predicted octanol–water partition coefficient (Wildman–Crippen LogP) is 10.6. The first-order chi connectivity index (χ1) is 19.2. The molecule has 1 fully saturated rings. The minimum atomic E-state index is 0.131. The van der Waals surface area contributed by atoms with Gasteiger partial charge in [0.25, 0.3) is 0 Å². The van der Waals surface area contributed by atoms with E-state index in [9.17, 15) is 0 Å². The number of benzene rings is 5. The first-order valence-electron chi connectivity index (χ1n) is 14.0. The van der Waals surface area contributed by atoms with Crippen LogP contribution in [0.15, 0.2) is 101 Å². The zero-order chi connectivity index (χ0) is 25.7. The van der Waals surface area contributed by atoms with Crippen LogP contribution in [0.1, 0.15) is 43.2 Å². The summed E-state index contributed by atoms with van der Waals surface area (Å²) in [5.41, 5.74) is 11.2. The van der Waals surface area contributed by atoms with E-state index in [0.29, 0.717) is 0 Å². The van der Waals surface area contributed by atoms with E-state index in [-0.39, 0.29) is 5.41 Å². The summed E-state index contributed by atoms with van der Waals surface area (Å²) < 4.78 is 8.67. The number of para-hydroxylation sites is 1. The van der Waals surface area contributed by atoms with Gasteiger partial charge in [-0.15, -0.1) is 0 Å². The molecule has 188 valence electrons. The highest BCUT2D eigenvalue weighted by atomic mass is 35.5. The minimum absolute atomic E-state index is 0.131. The van der Waals surface area contributed by atoms with E-state index in [4.69, 9.17) is 16.0 Å². The van der Waals surface area contributed by atoms with E-state index in [2.05, 4.69) is 83.4 Å². The summed E-state index contributed by atoms with van der Waals surface area (Å²) in [7, 11) is 0. The highest BCUT2D eigenvalue weighted by molar-refractivity contribution is 6.31. The Bertz CT molecular complexity index is 2120. The van der Waals surface area contributed by atoms with E-state index in [1.807, 2.05) is 18.2 Å². The van der Waals surface area contributed by atoms with Crippen LogP contribution in [0.2, 0.25) is 5.02 Å². The summed E-state index contributed by atoms with van der Waals surface area (Å²) in [5, 5.41) is 5.57. The van der Waals surface area contributed by atoms with Crippen LogP contribution in [-0.4, -0.2) is 4.57 Å². The molecule has 9 rings (SSSR count). The van der Waals surface area contributed by atoms with Crippen molar-refractivity contribution in [3.05, 3.63) is 113 Å². The molecule has 2 heterocycles. The molecule has 3 heteroatoms.